The molecule has 25 heavy (non-hydrogen) atoms. The van der Waals surface area contributed by atoms with Crippen molar-refractivity contribution in [2.24, 2.45) is 0 Å². The number of carbonyl (C=O) groups is 1. The fourth-order valence-corrected chi connectivity index (χ4v) is 3.05. The second kappa shape index (κ2) is 8.53. The van der Waals surface area contributed by atoms with E-state index in [-0.39, 0.29) is 24.8 Å². The summed E-state index contributed by atoms with van der Waals surface area (Å²) in [4.78, 5) is 14.1. The number of nitrogens with zero attached hydrogens (tertiary/aromatic N) is 3. The zero-order valence-electron chi connectivity index (χ0n) is 14.0. The molecule has 2 N–H and O–H groups in total. The van der Waals surface area contributed by atoms with E-state index in [1.165, 1.54) is 6.07 Å². The molecule has 1 fully saturated rings. The van der Waals surface area contributed by atoms with Crippen LogP contribution in [0.4, 0.5) is 10.2 Å². The van der Waals surface area contributed by atoms with E-state index >= 15 is 0 Å². The summed E-state index contributed by atoms with van der Waals surface area (Å²) in [5.74, 6) is 0.421. The van der Waals surface area contributed by atoms with Gasteiger partial charge in [0.2, 0.25) is 5.91 Å². The largest absolute Gasteiger partial charge is 0.351 e. The molecule has 132 valence electrons. The molecule has 0 spiro atoms. The summed E-state index contributed by atoms with van der Waals surface area (Å²) in [5.41, 5.74) is 0.487. The third-order valence-electron chi connectivity index (χ3n) is 4.33. The highest BCUT2D eigenvalue weighted by Gasteiger charge is 2.25. The molecule has 2 aromatic rings. The Bertz CT molecular complexity index is 697. The molecule has 1 amide bonds. The minimum atomic E-state index is -0.304. The van der Waals surface area contributed by atoms with Gasteiger partial charge in [0.25, 0.3) is 0 Å². The maximum absolute atomic E-state index is 13.5. The molecule has 1 unspecified atom stereocenters. The number of hydrogen-bond donors (Lipinski definition) is 2. The van der Waals surface area contributed by atoms with Gasteiger partial charge in [-0.3, -0.25) is 4.79 Å². The predicted molar refractivity (Wildman–Crippen MR) is 93.5 cm³/mol. The van der Waals surface area contributed by atoms with Crippen LogP contribution in [0.25, 0.3) is 0 Å². The lowest BCUT2D eigenvalue weighted by molar-refractivity contribution is -0.120. The van der Waals surface area contributed by atoms with Gasteiger partial charge in [0.05, 0.1) is 6.54 Å². The van der Waals surface area contributed by atoms with E-state index in [2.05, 4.69) is 25.7 Å². The van der Waals surface area contributed by atoms with Crippen LogP contribution in [0, 0.1) is 5.82 Å². The van der Waals surface area contributed by atoms with Gasteiger partial charge in [-0.05, 0) is 31.0 Å². The van der Waals surface area contributed by atoms with E-state index in [4.69, 9.17) is 0 Å². The lowest BCUT2D eigenvalue weighted by Crippen LogP contribution is -2.42. The Balaban J connectivity index is 1.41. The summed E-state index contributed by atoms with van der Waals surface area (Å²) in [6.07, 6.45) is 3.82. The number of anilines is 1. The number of carbonyl (C=O) groups excluding carboxylic acids is 1. The van der Waals surface area contributed by atoms with E-state index < -0.39 is 0 Å². The zero-order chi connectivity index (χ0) is 17.5. The number of aromatic nitrogens is 2. The zero-order valence-corrected chi connectivity index (χ0v) is 14.0. The van der Waals surface area contributed by atoms with E-state index in [0.29, 0.717) is 18.2 Å². The summed E-state index contributed by atoms with van der Waals surface area (Å²) >= 11 is 0. The quantitative estimate of drug-likeness (QED) is 0.797. The third-order valence-corrected chi connectivity index (χ3v) is 4.33. The fraction of sp³-hybridized carbons (Fsp3) is 0.389. The third kappa shape index (κ3) is 4.73. The molecule has 1 aliphatic heterocycles. The van der Waals surface area contributed by atoms with Crippen LogP contribution < -0.4 is 15.5 Å². The first-order valence-electron chi connectivity index (χ1n) is 8.49. The highest BCUT2D eigenvalue weighted by molar-refractivity contribution is 5.77. The Morgan fingerprint density at radius 2 is 2.16 bits per heavy atom. The van der Waals surface area contributed by atoms with Crippen molar-refractivity contribution in [3.63, 3.8) is 0 Å². The van der Waals surface area contributed by atoms with Crippen molar-refractivity contribution in [1.29, 1.82) is 0 Å². The van der Waals surface area contributed by atoms with Crippen molar-refractivity contribution < 1.29 is 9.18 Å². The Kier molecular flexibility index (Phi) is 5.90. The Labute approximate surface area is 146 Å². The molecule has 1 saturated heterocycles. The molecule has 0 radical (unpaired) electrons. The van der Waals surface area contributed by atoms with Gasteiger partial charge >= 0.3 is 0 Å². The van der Waals surface area contributed by atoms with Gasteiger partial charge in [-0.25, -0.2) is 4.39 Å². The van der Waals surface area contributed by atoms with Crippen LogP contribution in [0.1, 0.15) is 18.4 Å². The maximum atomic E-state index is 13.5. The van der Waals surface area contributed by atoms with E-state index in [1.807, 2.05) is 12.1 Å². The highest BCUT2D eigenvalue weighted by atomic mass is 19.1. The number of hydrogen-bond acceptors (Lipinski definition) is 5. The van der Waals surface area contributed by atoms with Crippen LogP contribution in [0.2, 0.25) is 0 Å². The number of halogens is 1. The molecule has 0 bridgehead atoms. The summed E-state index contributed by atoms with van der Waals surface area (Å²) in [7, 11) is 0. The van der Waals surface area contributed by atoms with Crippen molar-refractivity contribution >= 4 is 11.7 Å². The highest BCUT2D eigenvalue weighted by Crippen LogP contribution is 2.22. The van der Waals surface area contributed by atoms with Crippen molar-refractivity contribution in [2.75, 3.05) is 24.5 Å². The molecule has 2 heterocycles. The average Bonchev–Trinajstić information content (AvgIpc) is 3.10. The molecule has 1 atom stereocenters. The molecule has 7 heteroatoms. The maximum Gasteiger partial charge on any atom is 0.234 e. The normalized spacial score (nSPS) is 16.8. The van der Waals surface area contributed by atoms with Crippen LogP contribution >= 0.6 is 0 Å². The van der Waals surface area contributed by atoms with Crippen LogP contribution in [-0.4, -0.2) is 41.8 Å². The summed E-state index contributed by atoms with van der Waals surface area (Å²) < 4.78 is 13.5. The molecule has 0 aliphatic carbocycles. The molecule has 1 aromatic heterocycles. The first-order valence-corrected chi connectivity index (χ1v) is 8.49. The molecule has 1 aliphatic rings. The SMILES string of the molecule is O=C(CNCC1CCCN1c1cccnn1)NCc1ccccc1F. The molecular formula is C18H22FN5O. The monoisotopic (exact) mass is 343 g/mol. The van der Waals surface area contributed by atoms with Gasteiger partial charge in [0, 0.05) is 37.4 Å². The number of rotatable bonds is 7. The Hall–Kier alpha value is -2.54. The minimum Gasteiger partial charge on any atom is -0.351 e. The molecular weight excluding hydrogens is 321 g/mol. The molecule has 6 nitrogen and oxygen atoms in total. The average molecular weight is 343 g/mol. The van der Waals surface area contributed by atoms with Crippen LogP contribution in [0.5, 0.6) is 0 Å². The van der Waals surface area contributed by atoms with E-state index in [1.54, 1.807) is 24.4 Å². The van der Waals surface area contributed by atoms with Gasteiger partial charge in [-0.1, -0.05) is 18.2 Å². The van der Waals surface area contributed by atoms with Crippen molar-refractivity contribution in [3.05, 3.63) is 54.0 Å². The summed E-state index contributed by atoms with van der Waals surface area (Å²) in [6, 6.07) is 10.6. The standard InChI is InChI=1S/C18H22FN5O/c19-16-7-2-1-5-14(16)11-21-18(25)13-20-12-15-6-4-10-24(15)17-8-3-9-22-23-17/h1-3,5,7-9,15,20H,4,6,10-13H2,(H,21,25). The van der Waals surface area contributed by atoms with Crippen molar-refractivity contribution in [2.45, 2.75) is 25.4 Å². The second-order valence-corrected chi connectivity index (χ2v) is 6.07. The molecule has 1 aromatic carbocycles. The second-order valence-electron chi connectivity index (χ2n) is 6.07. The van der Waals surface area contributed by atoms with Crippen molar-refractivity contribution in [1.82, 2.24) is 20.8 Å². The van der Waals surface area contributed by atoms with E-state index in [0.717, 1.165) is 25.2 Å². The summed E-state index contributed by atoms with van der Waals surface area (Å²) in [5, 5.41) is 14.0. The van der Waals surface area contributed by atoms with Crippen LogP contribution in [0.15, 0.2) is 42.6 Å². The van der Waals surface area contributed by atoms with Gasteiger partial charge < -0.3 is 15.5 Å². The summed E-state index contributed by atoms with van der Waals surface area (Å²) in [6.45, 7) is 2.05. The van der Waals surface area contributed by atoms with Crippen LogP contribution in [0.3, 0.4) is 0 Å². The molecule has 0 saturated carbocycles. The minimum absolute atomic E-state index is 0.146. The van der Waals surface area contributed by atoms with Gasteiger partial charge in [0.1, 0.15) is 5.82 Å². The Morgan fingerprint density at radius 3 is 2.96 bits per heavy atom. The predicted octanol–water partition coefficient (Wildman–Crippen LogP) is 1.49. The molecule has 3 rings (SSSR count). The van der Waals surface area contributed by atoms with E-state index in [9.17, 15) is 9.18 Å². The smallest absolute Gasteiger partial charge is 0.234 e. The van der Waals surface area contributed by atoms with Gasteiger partial charge in [-0.2, -0.15) is 5.10 Å². The first-order chi connectivity index (χ1) is 12.2. The fourth-order valence-electron chi connectivity index (χ4n) is 3.05. The van der Waals surface area contributed by atoms with Gasteiger partial charge in [0.15, 0.2) is 5.82 Å². The van der Waals surface area contributed by atoms with Crippen LogP contribution in [-0.2, 0) is 11.3 Å². The van der Waals surface area contributed by atoms with Gasteiger partial charge in [-0.15, -0.1) is 5.10 Å². The number of benzene rings is 1. The first kappa shape index (κ1) is 17.3. The lowest BCUT2D eigenvalue weighted by atomic mass is 10.2. The number of nitrogens with one attached hydrogen (secondary N) is 2. The Morgan fingerprint density at radius 1 is 1.28 bits per heavy atom. The van der Waals surface area contributed by atoms with Crippen molar-refractivity contribution in [3.8, 4) is 0 Å². The topological polar surface area (TPSA) is 70.2 Å². The number of amides is 1. The lowest BCUT2D eigenvalue weighted by Gasteiger charge is -2.25.